The lowest BCUT2D eigenvalue weighted by Crippen LogP contribution is -2.36. The zero-order chi connectivity index (χ0) is 13.2. The van der Waals surface area contributed by atoms with Crippen LogP contribution in [0.3, 0.4) is 0 Å². The van der Waals surface area contributed by atoms with E-state index in [1.54, 1.807) is 0 Å². The predicted molar refractivity (Wildman–Crippen MR) is 70.3 cm³/mol. The highest BCUT2D eigenvalue weighted by Crippen LogP contribution is 2.55. The molecule has 2 saturated carbocycles. The van der Waals surface area contributed by atoms with Gasteiger partial charge in [0.25, 0.3) is 0 Å². The summed E-state index contributed by atoms with van der Waals surface area (Å²) in [7, 11) is 0. The van der Waals surface area contributed by atoms with Crippen LogP contribution in [0.1, 0.15) is 18.4 Å². The fourth-order valence-corrected chi connectivity index (χ4v) is 3.21. The molecule has 0 saturated heterocycles. The van der Waals surface area contributed by atoms with Crippen LogP contribution < -0.4 is 5.32 Å². The average molecular weight is 261 g/mol. The highest BCUT2D eigenvalue weighted by atomic mass is 16.5. The van der Waals surface area contributed by atoms with Crippen molar-refractivity contribution in [1.82, 2.24) is 5.32 Å². The summed E-state index contributed by atoms with van der Waals surface area (Å²) in [5.74, 6) is 1.54. The maximum absolute atomic E-state index is 11.7. The van der Waals surface area contributed by atoms with E-state index < -0.39 is 0 Å². The summed E-state index contributed by atoms with van der Waals surface area (Å²) in [6, 6.07) is 9.83. The lowest BCUT2D eigenvalue weighted by molar-refractivity contribution is 0.133. The largest absolute Gasteiger partial charge is 0.445 e. The molecule has 4 nitrogen and oxygen atoms in total. The summed E-state index contributed by atoms with van der Waals surface area (Å²) in [6.45, 7) is 0.537. The summed E-state index contributed by atoms with van der Waals surface area (Å²) in [4.78, 5) is 11.7. The molecule has 0 unspecified atom stereocenters. The number of ether oxygens (including phenoxy) is 1. The van der Waals surface area contributed by atoms with Crippen LogP contribution in [0.5, 0.6) is 0 Å². The quantitative estimate of drug-likeness (QED) is 0.870. The number of amides is 1. The number of rotatable bonds is 4. The molecule has 102 valence electrons. The van der Waals surface area contributed by atoms with Crippen molar-refractivity contribution in [1.29, 1.82) is 0 Å². The van der Waals surface area contributed by atoms with Crippen LogP contribution in [0.15, 0.2) is 30.3 Å². The summed E-state index contributed by atoms with van der Waals surface area (Å²) in [6.07, 6.45) is 1.67. The van der Waals surface area contributed by atoms with Gasteiger partial charge in [-0.05, 0) is 36.2 Å². The molecule has 2 N–H and O–H groups in total. The zero-order valence-electron chi connectivity index (χ0n) is 10.8. The van der Waals surface area contributed by atoms with Crippen LogP contribution in [0.25, 0.3) is 0 Å². The van der Waals surface area contributed by atoms with Gasteiger partial charge in [0.1, 0.15) is 6.61 Å². The molecule has 0 bridgehead atoms. The third kappa shape index (κ3) is 2.73. The van der Waals surface area contributed by atoms with E-state index in [-0.39, 0.29) is 18.7 Å². The van der Waals surface area contributed by atoms with Gasteiger partial charge in [-0.15, -0.1) is 0 Å². The Hall–Kier alpha value is -1.55. The van der Waals surface area contributed by atoms with Crippen molar-refractivity contribution in [2.75, 3.05) is 6.61 Å². The molecule has 1 aromatic rings. The van der Waals surface area contributed by atoms with Gasteiger partial charge in [-0.25, -0.2) is 4.79 Å². The van der Waals surface area contributed by atoms with Crippen LogP contribution in [-0.2, 0) is 11.3 Å². The van der Waals surface area contributed by atoms with E-state index >= 15 is 0 Å². The standard InChI is InChI=1S/C15H19NO3/c17-8-11-6-14(13-7-12(11)13)16-15(18)19-9-10-4-2-1-3-5-10/h1-5,11-14,17H,6-9H2,(H,16,18)/t11-,12-,13-,14-/m0/s1. The Morgan fingerprint density at radius 2 is 2.05 bits per heavy atom. The van der Waals surface area contributed by atoms with E-state index in [0.29, 0.717) is 24.4 Å². The molecule has 0 aliphatic heterocycles. The predicted octanol–water partition coefficient (Wildman–Crippen LogP) is 1.93. The molecule has 4 atom stereocenters. The van der Waals surface area contributed by atoms with E-state index in [4.69, 9.17) is 4.74 Å². The Morgan fingerprint density at radius 3 is 2.74 bits per heavy atom. The molecular formula is C15H19NO3. The second-order valence-electron chi connectivity index (χ2n) is 5.55. The Kier molecular flexibility index (Phi) is 3.42. The van der Waals surface area contributed by atoms with Gasteiger partial charge in [-0.3, -0.25) is 0 Å². The van der Waals surface area contributed by atoms with Crippen molar-refractivity contribution in [3.8, 4) is 0 Å². The molecule has 2 aliphatic carbocycles. The molecule has 2 aliphatic rings. The minimum Gasteiger partial charge on any atom is -0.445 e. The number of benzene rings is 1. The first-order valence-corrected chi connectivity index (χ1v) is 6.86. The highest BCUT2D eigenvalue weighted by Gasteiger charge is 2.54. The number of aliphatic hydroxyl groups excluding tert-OH is 1. The summed E-state index contributed by atoms with van der Waals surface area (Å²) < 4.78 is 5.21. The fraction of sp³-hybridized carbons (Fsp3) is 0.533. The highest BCUT2D eigenvalue weighted by molar-refractivity contribution is 5.67. The van der Waals surface area contributed by atoms with Gasteiger partial charge < -0.3 is 15.2 Å². The second kappa shape index (κ2) is 5.21. The molecule has 19 heavy (non-hydrogen) atoms. The van der Waals surface area contributed by atoms with E-state index in [1.165, 1.54) is 0 Å². The van der Waals surface area contributed by atoms with Crippen LogP contribution in [0, 0.1) is 17.8 Å². The molecule has 4 heteroatoms. The molecule has 0 radical (unpaired) electrons. The lowest BCUT2D eigenvalue weighted by atomic mass is 10.0. The number of hydrogen-bond acceptors (Lipinski definition) is 3. The molecular weight excluding hydrogens is 242 g/mol. The van der Waals surface area contributed by atoms with Gasteiger partial charge in [0.05, 0.1) is 0 Å². The van der Waals surface area contributed by atoms with Crippen LogP contribution in [-0.4, -0.2) is 23.8 Å². The minimum absolute atomic E-state index is 0.186. The molecule has 2 fully saturated rings. The van der Waals surface area contributed by atoms with E-state index in [1.807, 2.05) is 30.3 Å². The van der Waals surface area contributed by atoms with Gasteiger partial charge in [0, 0.05) is 12.6 Å². The first kappa shape index (κ1) is 12.5. The minimum atomic E-state index is -0.349. The van der Waals surface area contributed by atoms with Gasteiger partial charge in [-0.2, -0.15) is 0 Å². The molecule has 0 aromatic heterocycles. The number of carbonyl (C=O) groups is 1. The van der Waals surface area contributed by atoms with Crippen molar-refractivity contribution in [3.63, 3.8) is 0 Å². The Morgan fingerprint density at radius 1 is 1.26 bits per heavy atom. The maximum atomic E-state index is 11.7. The number of carbonyl (C=O) groups excluding carboxylic acids is 1. The summed E-state index contributed by atoms with van der Waals surface area (Å²) in [5.41, 5.74) is 0.988. The van der Waals surface area contributed by atoms with Crippen molar-refractivity contribution >= 4 is 6.09 Å². The lowest BCUT2D eigenvalue weighted by Gasteiger charge is -2.16. The molecule has 1 aromatic carbocycles. The second-order valence-corrected chi connectivity index (χ2v) is 5.55. The fourth-order valence-electron chi connectivity index (χ4n) is 3.21. The number of aliphatic hydroxyl groups is 1. The van der Waals surface area contributed by atoms with Gasteiger partial charge >= 0.3 is 6.09 Å². The van der Waals surface area contributed by atoms with E-state index in [9.17, 15) is 9.90 Å². The number of nitrogens with one attached hydrogen (secondary N) is 1. The first-order chi connectivity index (χ1) is 9.28. The third-order valence-corrected chi connectivity index (χ3v) is 4.32. The molecule has 1 amide bonds. The van der Waals surface area contributed by atoms with Crippen molar-refractivity contribution in [2.24, 2.45) is 17.8 Å². The Labute approximate surface area is 112 Å². The number of alkyl carbamates (subject to hydrolysis) is 1. The average Bonchev–Trinajstić information content (AvgIpc) is 3.16. The summed E-state index contributed by atoms with van der Waals surface area (Å²) in [5, 5.41) is 12.2. The Balaban J connectivity index is 1.45. The number of hydrogen-bond donors (Lipinski definition) is 2. The first-order valence-electron chi connectivity index (χ1n) is 6.86. The van der Waals surface area contributed by atoms with E-state index in [2.05, 4.69) is 5.32 Å². The van der Waals surface area contributed by atoms with Crippen LogP contribution in [0.4, 0.5) is 4.79 Å². The number of fused-ring (bicyclic) bond motifs is 1. The normalized spacial score (nSPS) is 31.6. The monoisotopic (exact) mass is 261 g/mol. The van der Waals surface area contributed by atoms with E-state index in [0.717, 1.165) is 18.4 Å². The van der Waals surface area contributed by atoms with Crippen LogP contribution in [0.2, 0.25) is 0 Å². The van der Waals surface area contributed by atoms with Gasteiger partial charge in [0.15, 0.2) is 0 Å². The van der Waals surface area contributed by atoms with Crippen molar-refractivity contribution in [3.05, 3.63) is 35.9 Å². The molecule has 0 spiro atoms. The maximum Gasteiger partial charge on any atom is 0.407 e. The van der Waals surface area contributed by atoms with Crippen LogP contribution >= 0.6 is 0 Å². The summed E-state index contributed by atoms with van der Waals surface area (Å²) >= 11 is 0. The van der Waals surface area contributed by atoms with Crippen molar-refractivity contribution in [2.45, 2.75) is 25.5 Å². The zero-order valence-corrected chi connectivity index (χ0v) is 10.8. The van der Waals surface area contributed by atoms with Gasteiger partial charge in [-0.1, -0.05) is 30.3 Å². The van der Waals surface area contributed by atoms with Gasteiger partial charge in [0.2, 0.25) is 0 Å². The SMILES string of the molecule is O=C(N[C@H]1C[C@@H](CO)[C@@H]2C[C@@H]21)OCc1ccccc1. The smallest absolute Gasteiger partial charge is 0.407 e. The molecule has 3 rings (SSSR count). The molecule has 0 heterocycles. The van der Waals surface area contributed by atoms with Crippen molar-refractivity contribution < 1.29 is 14.6 Å². The Bertz CT molecular complexity index is 448. The topological polar surface area (TPSA) is 58.6 Å². The third-order valence-electron chi connectivity index (χ3n) is 4.32.